The molecule has 0 N–H and O–H groups in total. The molecule has 1 atom stereocenters. The number of ether oxygens (including phenoxy) is 2. The highest BCUT2D eigenvalue weighted by atomic mass is 16.5. The fourth-order valence-corrected chi connectivity index (χ4v) is 2.29. The lowest BCUT2D eigenvalue weighted by Crippen LogP contribution is -2.36. The molecule has 18 heavy (non-hydrogen) atoms. The van der Waals surface area contributed by atoms with Gasteiger partial charge in [-0.3, -0.25) is 9.69 Å². The van der Waals surface area contributed by atoms with E-state index in [9.17, 15) is 4.79 Å². The van der Waals surface area contributed by atoms with Crippen molar-refractivity contribution in [1.82, 2.24) is 9.88 Å². The summed E-state index contributed by atoms with van der Waals surface area (Å²) in [6.07, 6.45) is 1.88. The molecule has 0 aliphatic carbocycles. The highest BCUT2D eigenvalue weighted by Crippen LogP contribution is 2.21. The molecule has 1 aliphatic heterocycles. The van der Waals surface area contributed by atoms with Crippen LogP contribution in [0, 0.1) is 0 Å². The Kier molecular flexibility index (Phi) is 4.15. The van der Waals surface area contributed by atoms with Crippen molar-refractivity contribution in [3.8, 4) is 5.88 Å². The van der Waals surface area contributed by atoms with Crippen LogP contribution < -0.4 is 4.74 Å². The van der Waals surface area contributed by atoms with Crippen LogP contribution in [0.4, 0.5) is 0 Å². The van der Waals surface area contributed by atoms with Crippen LogP contribution in [-0.2, 0) is 16.1 Å². The average molecular weight is 250 g/mol. The van der Waals surface area contributed by atoms with Crippen molar-refractivity contribution < 1.29 is 14.3 Å². The maximum absolute atomic E-state index is 11.6. The van der Waals surface area contributed by atoms with Crippen LogP contribution >= 0.6 is 0 Å². The third kappa shape index (κ3) is 2.79. The van der Waals surface area contributed by atoms with E-state index in [4.69, 9.17) is 9.47 Å². The Morgan fingerprint density at radius 3 is 3.06 bits per heavy atom. The molecule has 1 aromatic heterocycles. The number of carbonyl (C=O) groups is 1. The molecule has 5 nitrogen and oxygen atoms in total. The fourth-order valence-electron chi connectivity index (χ4n) is 2.29. The summed E-state index contributed by atoms with van der Waals surface area (Å²) < 4.78 is 9.91. The van der Waals surface area contributed by atoms with Crippen LogP contribution in [0.3, 0.4) is 0 Å². The zero-order valence-electron chi connectivity index (χ0n) is 10.8. The molecule has 2 rings (SSSR count). The number of likely N-dealkylation sites (tertiary alicyclic amines) is 1. The van der Waals surface area contributed by atoms with Crippen LogP contribution in [0.25, 0.3) is 0 Å². The molecular weight excluding hydrogens is 232 g/mol. The molecule has 0 bridgehead atoms. The van der Waals surface area contributed by atoms with Crippen molar-refractivity contribution in [3.05, 3.63) is 23.9 Å². The molecule has 98 valence electrons. The zero-order valence-corrected chi connectivity index (χ0v) is 10.8. The molecule has 0 spiro atoms. The van der Waals surface area contributed by atoms with E-state index in [1.807, 2.05) is 18.2 Å². The molecule has 0 radical (unpaired) electrons. The van der Waals surface area contributed by atoms with Gasteiger partial charge in [-0.1, -0.05) is 6.07 Å². The molecule has 1 unspecified atom stereocenters. The molecule has 1 fully saturated rings. The van der Waals surface area contributed by atoms with E-state index in [1.54, 1.807) is 7.11 Å². The monoisotopic (exact) mass is 250 g/mol. The van der Waals surface area contributed by atoms with E-state index >= 15 is 0 Å². The van der Waals surface area contributed by atoms with Crippen molar-refractivity contribution in [2.24, 2.45) is 0 Å². The lowest BCUT2D eigenvalue weighted by molar-refractivity contribution is -0.146. The summed E-state index contributed by atoms with van der Waals surface area (Å²) in [6, 6.07) is 5.52. The molecular formula is C13H18N2O3. The first-order valence-electron chi connectivity index (χ1n) is 6.06. The second-order valence-corrected chi connectivity index (χ2v) is 4.32. The molecule has 1 aliphatic rings. The minimum atomic E-state index is -0.157. The predicted octanol–water partition coefficient (Wildman–Crippen LogP) is 1.23. The van der Waals surface area contributed by atoms with E-state index < -0.39 is 0 Å². The highest BCUT2D eigenvalue weighted by molar-refractivity contribution is 5.75. The molecule has 1 saturated heterocycles. The van der Waals surface area contributed by atoms with Gasteiger partial charge in [-0.05, 0) is 25.5 Å². The zero-order chi connectivity index (χ0) is 13.0. The summed E-state index contributed by atoms with van der Waals surface area (Å²) in [7, 11) is 3.03. The third-order valence-corrected chi connectivity index (χ3v) is 3.19. The molecule has 0 saturated carbocycles. The fraction of sp³-hybridized carbons (Fsp3) is 0.538. The second kappa shape index (κ2) is 5.82. The number of methoxy groups -OCH3 is 2. The first-order valence-corrected chi connectivity index (χ1v) is 6.06. The number of nitrogens with zero attached hydrogens (tertiary/aromatic N) is 2. The van der Waals surface area contributed by atoms with E-state index in [2.05, 4.69) is 9.88 Å². The Balaban J connectivity index is 2.05. The second-order valence-electron chi connectivity index (χ2n) is 4.32. The quantitative estimate of drug-likeness (QED) is 0.752. The summed E-state index contributed by atoms with van der Waals surface area (Å²) in [5.74, 6) is 0.441. The van der Waals surface area contributed by atoms with Gasteiger partial charge in [0.25, 0.3) is 0 Å². The minimum Gasteiger partial charge on any atom is -0.481 e. The van der Waals surface area contributed by atoms with Crippen LogP contribution in [-0.4, -0.2) is 42.7 Å². The van der Waals surface area contributed by atoms with Gasteiger partial charge in [0.15, 0.2) is 0 Å². The average Bonchev–Trinajstić information content (AvgIpc) is 2.86. The molecule has 0 aromatic carbocycles. The standard InChI is InChI=1S/C13H18N2O3/c1-17-12-7-3-5-10(14-12)9-15-8-4-6-11(15)13(16)18-2/h3,5,7,11H,4,6,8-9H2,1-2H3. The molecule has 0 amide bonds. The summed E-state index contributed by atoms with van der Waals surface area (Å²) in [6.45, 7) is 1.55. The van der Waals surface area contributed by atoms with Crippen molar-refractivity contribution in [2.75, 3.05) is 20.8 Å². The number of esters is 1. The summed E-state index contributed by atoms with van der Waals surface area (Å²) in [5, 5.41) is 0. The lowest BCUT2D eigenvalue weighted by Gasteiger charge is -2.21. The Morgan fingerprint density at radius 1 is 1.50 bits per heavy atom. The molecule has 1 aromatic rings. The maximum atomic E-state index is 11.6. The van der Waals surface area contributed by atoms with Gasteiger partial charge in [-0.15, -0.1) is 0 Å². The van der Waals surface area contributed by atoms with E-state index in [0.29, 0.717) is 12.4 Å². The summed E-state index contributed by atoms with van der Waals surface area (Å²) in [5.41, 5.74) is 0.908. The Labute approximate surface area is 107 Å². The van der Waals surface area contributed by atoms with Crippen molar-refractivity contribution in [1.29, 1.82) is 0 Å². The van der Waals surface area contributed by atoms with Crippen LogP contribution in [0.2, 0.25) is 0 Å². The minimum absolute atomic E-state index is 0.136. The van der Waals surface area contributed by atoms with Gasteiger partial charge in [-0.25, -0.2) is 4.98 Å². The Morgan fingerprint density at radius 2 is 2.33 bits per heavy atom. The topological polar surface area (TPSA) is 51.7 Å². The lowest BCUT2D eigenvalue weighted by atomic mass is 10.2. The third-order valence-electron chi connectivity index (χ3n) is 3.19. The summed E-state index contributed by atoms with van der Waals surface area (Å²) >= 11 is 0. The number of pyridine rings is 1. The smallest absolute Gasteiger partial charge is 0.323 e. The first kappa shape index (κ1) is 12.8. The number of hydrogen-bond acceptors (Lipinski definition) is 5. The predicted molar refractivity (Wildman–Crippen MR) is 66.2 cm³/mol. The van der Waals surface area contributed by atoms with E-state index in [1.165, 1.54) is 7.11 Å². The van der Waals surface area contributed by atoms with Gasteiger partial charge in [-0.2, -0.15) is 0 Å². The highest BCUT2D eigenvalue weighted by Gasteiger charge is 2.31. The van der Waals surface area contributed by atoms with Crippen molar-refractivity contribution >= 4 is 5.97 Å². The number of aromatic nitrogens is 1. The van der Waals surface area contributed by atoms with Gasteiger partial charge in [0.05, 0.1) is 19.9 Å². The van der Waals surface area contributed by atoms with Gasteiger partial charge < -0.3 is 9.47 Å². The Hall–Kier alpha value is -1.62. The Bertz CT molecular complexity index is 422. The van der Waals surface area contributed by atoms with Gasteiger partial charge in [0, 0.05) is 12.6 Å². The van der Waals surface area contributed by atoms with Gasteiger partial charge >= 0.3 is 5.97 Å². The van der Waals surface area contributed by atoms with Gasteiger partial charge in [0.1, 0.15) is 6.04 Å². The van der Waals surface area contributed by atoms with Crippen LogP contribution in [0.1, 0.15) is 18.5 Å². The molecule has 2 heterocycles. The SMILES string of the molecule is COC(=O)C1CCCN1Cc1cccc(OC)n1. The molecule has 5 heteroatoms. The maximum Gasteiger partial charge on any atom is 0.323 e. The normalized spacial score (nSPS) is 19.8. The number of carbonyl (C=O) groups excluding carboxylic acids is 1. The van der Waals surface area contributed by atoms with Gasteiger partial charge in [0.2, 0.25) is 5.88 Å². The number of rotatable bonds is 4. The largest absolute Gasteiger partial charge is 0.481 e. The summed E-state index contributed by atoms with van der Waals surface area (Å²) in [4.78, 5) is 18.1. The van der Waals surface area contributed by atoms with E-state index in [-0.39, 0.29) is 12.0 Å². The van der Waals surface area contributed by atoms with Crippen LogP contribution in [0.15, 0.2) is 18.2 Å². The number of hydrogen-bond donors (Lipinski definition) is 0. The van der Waals surface area contributed by atoms with E-state index in [0.717, 1.165) is 25.1 Å². The van der Waals surface area contributed by atoms with Crippen molar-refractivity contribution in [3.63, 3.8) is 0 Å². The van der Waals surface area contributed by atoms with Crippen molar-refractivity contribution in [2.45, 2.75) is 25.4 Å². The first-order chi connectivity index (χ1) is 8.74. The van der Waals surface area contributed by atoms with Crippen LogP contribution in [0.5, 0.6) is 5.88 Å².